The maximum absolute atomic E-state index is 14.0. The first kappa shape index (κ1) is 25.1. The number of nitrogens with one attached hydrogen (secondary N) is 1. The molecule has 0 radical (unpaired) electrons. The molecule has 1 aromatic heterocycles. The van der Waals surface area contributed by atoms with E-state index in [1.807, 2.05) is 32.0 Å². The van der Waals surface area contributed by atoms with Gasteiger partial charge in [-0.2, -0.15) is 0 Å². The Bertz CT molecular complexity index is 1680. The Morgan fingerprint density at radius 3 is 2.45 bits per heavy atom. The predicted molar refractivity (Wildman–Crippen MR) is 142 cm³/mol. The van der Waals surface area contributed by atoms with Crippen LogP contribution >= 0.6 is 0 Å². The van der Waals surface area contributed by atoms with Crippen LogP contribution in [0.25, 0.3) is 16.8 Å². The van der Waals surface area contributed by atoms with Crippen molar-refractivity contribution in [3.05, 3.63) is 92.1 Å². The zero-order valence-corrected chi connectivity index (χ0v) is 21.3. The van der Waals surface area contributed by atoms with Gasteiger partial charge in [0.15, 0.2) is 11.4 Å². The van der Waals surface area contributed by atoms with Gasteiger partial charge in [-0.1, -0.05) is 12.1 Å². The monoisotopic (exact) mass is 514 g/mol. The van der Waals surface area contributed by atoms with Gasteiger partial charge in [-0.15, -0.1) is 10.2 Å². The van der Waals surface area contributed by atoms with Crippen molar-refractivity contribution < 1.29 is 19.4 Å². The lowest BCUT2D eigenvalue weighted by Crippen LogP contribution is -2.14. The highest BCUT2D eigenvalue weighted by Crippen LogP contribution is 2.45. The van der Waals surface area contributed by atoms with Gasteiger partial charge >= 0.3 is 5.97 Å². The molecule has 3 aromatic carbocycles. The van der Waals surface area contributed by atoms with Gasteiger partial charge in [0.2, 0.25) is 0 Å². The third-order valence-corrected chi connectivity index (χ3v) is 7.14. The van der Waals surface area contributed by atoms with Crippen molar-refractivity contribution in [1.82, 2.24) is 9.78 Å². The molecule has 1 heterocycles. The lowest BCUT2D eigenvalue weighted by molar-refractivity contribution is 0.0692. The van der Waals surface area contributed by atoms with Gasteiger partial charge in [0.05, 0.1) is 16.9 Å². The fourth-order valence-electron chi connectivity index (χ4n) is 4.86. The molecule has 0 fully saturated rings. The van der Waals surface area contributed by atoms with Crippen molar-refractivity contribution >= 4 is 17.3 Å². The summed E-state index contributed by atoms with van der Waals surface area (Å²) >= 11 is 0. The van der Waals surface area contributed by atoms with E-state index in [0.29, 0.717) is 28.9 Å². The van der Waals surface area contributed by atoms with Crippen molar-refractivity contribution in [1.29, 1.82) is 0 Å². The summed E-state index contributed by atoms with van der Waals surface area (Å²) in [6, 6.07) is 11.2. The van der Waals surface area contributed by atoms with E-state index in [1.165, 1.54) is 16.8 Å². The number of aromatic hydroxyl groups is 1. The van der Waals surface area contributed by atoms with Crippen LogP contribution in [-0.2, 0) is 12.8 Å². The molecule has 8 nitrogen and oxygen atoms in total. The molecule has 3 N–H and O–H groups in total. The number of carbonyl (C=O) groups is 1. The quantitative estimate of drug-likeness (QED) is 0.260. The number of nitrogens with zero attached hydrogens (tertiary/aromatic N) is 3. The number of benzene rings is 3. The maximum atomic E-state index is 14.0. The van der Waals surface area contributed by atoms with Crippen molar-refractivity contribution in [2.24, 2.45) is 10.2 Å². The van der Waals surface area contributed by atoms with Gasteiger partial charge < -0.3 is 10.2 Å². The maximum Gasteiger partial charge on any atom is 0.338 e. The number of H-pyrrole nitrogens is 1. The minimum atomic E-state index is -1.40. The second-order valence-corrected chi connectivity index (χ2v) is 9.66. The van der Waals surface area contributed by atoms with Gasteiger partial charge in [0.25, 0.3) is 5.56 Å². The molecule has 38 heavy (non-hydrogen) atoms. The highest BCUT2D eigenvalue weighted by molar-refractivity contribution is 5.91. The Morgan fingerprint density at radius 1 is 0.974 bits per heavy atom. The number of halogens is 1. The highest BCUT2D eigenvalue weighted by atomic mass is 19.1. The van der Waals surface area contributed by atoms with E-state index in [1.54, 1.807) is 13.0 Å². The number of azo groups is 1. The second-order valence-electron chi connectivity index (χ2n) is 9.66. The molecule has 0 unspecified atom stereocenters. The highest BCUT2D eigenvalue weighted by Gasteiger charge is 2.23. The molecule has 194 valence electrons. The van der Waals surface area contributed by atoms with Crippen molar-refractivity contribution in [2.45, 2.75) is 46.5 Å². The number of phenolic OH excluding ortho intramolecular Hbond substituents is 1. The van der Waals surface area contributed by atoms with Crippen LogP contribution in [0.3, 0.4) is 0 Å². The lowest BCUT2D eigenvalue weighted by atomic mass is 9.87. The molecule has 0 saturated carbocycles. The summed E-state index contributed by atoms with van der Waals surface area (Å²) in [6.45, 7) is 5.70. The molecule has 0 spiro atoms. The summed E-state index contributed by atoms with van der Waals surface area (Å²) in [5.41, 5.74) is 5.32. The standard InChI is InChI=1S/C29H27FN4O4/c1-15-8-10-20(12-16(15)2)34-28(36)25(17(3)33-34)31-32-26-21-7-5-4-6-18(21)13-22(27(26)35)19-9-11-24(30)23(14-19)29(37)38/h8-14,33,35H,4-7H2,1-3H3,(H,37,38). The number of carboxylic acid groups (broad SMARTS) is 1. The van der Waals surface area contributed by atoms with Crippen molar-refractivity contribution in [2.75, 3.05) is 0 Å². The largest absolute Gasteiger partial charge is 0.505 e. The van der Waals surface area contributed by atoms with Crippen LogP contribution in [0.5, 0.6) is 5.75 Å². The van der Waals surface area contributed by atoms with Gasteiger partial charge in [0.1, 0.15) is 11.5 Å². The number of aromatic nitrogens is 2. The molecule has 4 aromatic rings. The number of fused-ring (bicyclic) bond motifs is 1. The molecule has 5 rings (SSSR count). The van der Waals surface area contributed by atoms with Crippen LogP contribution < -0.4 is 5.56 Å². The van der Waals surface area contributed by atoms with Gasteiger partial charge in [-0.25, -0.2) is 13.9 Å². The van der Waals surface area contributed by atoms with E-state index in [4.69, 9.17) is 0 Å². The summed E-state index contributed by atoms with van der Waals surface area (Å²) in [4.78, 5) is 24.7. The number of aromatic amines is 1. The first-order valence-electron chi connectivity index (χ1n) is 12.4. The van der Waals surface area contributed by atoms with Gasteiger partial charge in [-0.05, 0) is 105 Å². The summed E-state index contributed by atoms with van der Waals surface area (Å²) in [6.07, 6.45) is 3.30. The summed E-state index contributed by atoms with van der Waals surface area (Å²) < 4.78 is 15.4. The summed E-state index contributed by atoms with van der Waals surface area (Å²) in [5, 5.41) is 32.3. The van der Waals surface area contributed by atoms with Gasteiger partial charge in [0, 0.05) is 5.56 Å². The number of hydrogen-bond donors (Lipinski definition) is 3. The third kappa shape index (κ3) is 4.40. The number of aromatic carboxylic acids is 1. The van der Waals surface area contributed by atoms with Crippen LogP contribution in [0.15, 0.2) is 57.5 Å². The minimum Gasteiger partial charge on any atom is -0.505 e. The number of rotatable bonds is 5. The average molecular weight is 515 g/mol. The molecular formula is C29H27FN4O4. The Morgan fingerprint density at radius 2 is 1.71 bits per heavy atom. The Labute approximate surface area is 218 Å². The summed E-state index contributed by atoms with van der Waals surface area (Å²) in [5.74, 6) is -2.45. The summed E-state index contributed by atoms with van der Waals surface area (Å²) in [7, 11) is 0. The topological polar surface area (TPSA) is 120 Å². The number of aryl methyl sites for hydroxylation is 4. The minimum absolute atomic E-state index is 0.118. The van der Waals surface area contributed by atoms with E-state index in [2.05, 4.69) is 15.3 Å². The molecule has 0 atom stereocenters. The average Bonchev–Trinajstić information content (AvgIpc) is 3.18. The third-order valence-electron chi connectivity index (χ3n) is 7.14. The van der Waals surface area contributed by atoms with E-state index in [-0.39, 0.29) is 22.7 Å². The van der Waals surface area contributed by atoms with E-state index in [0.717, 1.165) is 47.6 Å². The molecule has 9 heteroatoms. The molecule has 0 amide bonds. The van der Waals surface area contributed by atoms with Crippen LogP contribution in [0.1, 0.15) is 51.1 Å². The Balaban J connectivity index is 1.62. The zero-order chi connectivity index (χ0) is 27.1. The zero-order valence-electron chi connectivity index (χ0n) is 21.3. The number of carboxylic acids is 1. The first-order valence-corrected chi connectivity index (χ1v) is 12.4. The normalized spacial score (nSPS) is 13.2. The SMILES string of the molecule is Cc1ccc(-n2[nH]c(C)c(N=Nc3c(O)c(-c4ccc(F)c(C(=O)O)c4)cc4c3CCCC4)c2=O)cc1C. The molecule has 0 saturated heterocycles. The van der Waals surface area contributed by atoms with Crippen LogP contribution in [0, 0.1) is 26.6 Å². The van der Waals surface area contributed by atoms with Crippen LogP contribution in [-0.4, -0.2) is 26.0 Å². The molecular weight excluding hydrogens is 487 g/mol. The van der Waals surface area contributed by atoms with Crippen LogP contribution in [0.4, 0.5) is 15.8 Å². The predicted octanol–water partition coefficient (Wildman–Crippen LogP) is 6.59. The molecule has 1 aliphatic carbocycles. The molecule has 1 aliphatic rings. The molecule has 0 aliphatic heterocycles. The first-order chi connectivity index (χ1) is 18.2. The van der Waals surface area contributed by atoms with E-state index >= 15 is 0 Å². The van der Waals surface area contributed by atoms with Gasteiger partial charge in [-0.3, -0.25) is 9.89 Å². The van der Waals surface area contributed by atoms with Crippen molar-refractivity contribution in [3.63, 3.8) is 0 Å². The van der Waals surface area contributed by atoms with Crippen molar-refractivity contribution in [3.8, 4) is 22.6 Å². The van der Waals surface area contributed by atoms with E-state index in [9.17, 15) is 24.2 Å². The van der Waals surface area contributed by atoms with Crippen LogP contribution in [0.2, 0.25) is 0 Å². The number of phenols is 1. The number of hydrogen-bond acceptors (Lipinski definition) is 5. The smallest absolute Gasteiger partial charge is 0.338 e. The Hall–Kier alpha value is -4.53. The fraction of sp³-hybridized carbons (Fsp3) is 0.241. The fourth-order valence-corrected chi connectivity index (χ4v) is 4.86. The van der Waals surface area contributed by atoms with E-state index < -0.39 is 17.3 Å². The molecule has 0 bridgehead atoms. The Kier molecular flexibility index (Phi) is 6.44. The second kappa shape index (κ2) is 9.74. The lowest BCUT2D eigenvalue weighted by Gasteiger charge is -2.20.